The van der Waals surface area contributed by atoms with E-state index >= 15 is 0 Å². The Morgan fingerprint density at radius 3 is 2.33 bits per heavy atom. The molecule has 1 aliphatic heterocycles. The van der Waals surface area contributed by atoms with Gasteiger partial charge in [0.15, 0.2) is 0 Å². The molecule has 0 bridgehead atoms. The number of amides is 1. The van der Waals surface area contributed by atoms with Crippen LogP contribution in [0.3, 0.4) is 0 Å². The highest BCUT2D eigenvalue weighted by atomic mass is 16.4. The van der Waals surface area contributed by atoms with E-state index in [-0.39, 0.29) is 17.9 Å². The first-order valence-electron chi connectivity index (χ1n) is 5.55. The lowest BCUT2D eigenvalue weighted by Crippen LogP contribution is -2.37. The quantitative estimate of drug-likeness (QED) is 0.740. The molecule has 84 valence electrons. The van der Waals surface area contributed by atoms with Crippen LogP contribution in [0.1, 0.15) is 26.7 Å². The second-order valence-electron chi connectivity index (χ2n) is 4.83. The van der Waals surface area contributed by atoms with E-state index in [1.54, 1.807) is 0 Å². The average molecular weight is 211 g/mol. The standard InChI is InChI=1S/C11H17NO3/c1-6-3-4-12(7(6)2)10(13)8-5-9(8)11(14)15/h6-9H,3-5H2,1-2H3,(H,14,15). The Hall–Kier alpha value is -1.06. The molecule has 4 atom stereocenters. The number of carbonyl (C=O) groups is 2. The number of nitrogens with zero attached hydrogens (tertiary/aromatic N) is 1. The number of carboxylic acid groups (broad SMARTS) is 1. The number of hydrogen-bond donors (Lipinski definition) is 1. The summed E-state index contributed by atoms with van der Waals surface area (Å²) in [5.41, 5.74) is 0. The summed E-state index contributed by atoms with van der Waals surface area (Å²) in [7, 11) is 0. The van der Waals surface area contributed by atoms with E-state index in [4.69, 9.17) is 5.11 Å². The predicted octanol–water partition coefficient (Wildman–Crippen LogP) is 0.964. The summed E-state index contributed by atoms with van der Waals surface area (Å²) < 4.78 is 0. The average Bonchev–Trinajstić information content (AvgIpc) is 2.90. The minimum Gasteiger partial charge on any atom is -0.481 e. The van der Waals surface area contributed by atoms with E-state index in [0.29, 0.717) is 12.3 Å². The molecule has 1 aliphatic carbocycles. The van der Waals surface area contributed by atoms with E-state index in [1.165, 1.54) is 0 Å². The van der Waals surface area contributed by atoms with Gasteiger partial charge in [-0.25, -0.2) is 0 Å². The van der Waals surface area contributed by atoms with Gasteiger partial charge in [-0.3, -0.25) is 9.59 Å². The van der Waals surface area contributed by atoms with Crippen LogP contribution in [-0.2, 0) is 9.59 Å². The first-order valence-corrected chi connectivity index (χ1v) is 5.55. The molecular formula is C11H17NO3. The highest BCUT2D eigenvalue weighted by Gasteiger charge is 2.51. The molecule has 0 radical (unpaired) electrons. The van der Waals surface area contributed by atoms with Gasteiger partial charge < -0.3 is 10.0 Å². The maximum absolute atomic E-state index is 11.9. The third-order valence-corrected chi connectivity index (χ3v) is 3.85. The summed E-state index contributed by atoms with van der Waals surface area (Å²) in [6, 6.07) is 0.271. The molecular weight excluding hydrogens is 194 g/mol. The Labute approximate surface area is 89.3 Å². The summed E-state index contributed by atoms with van der Waals surface area (Å²) in [5, 5.41) is 8.76. The van der Waals surface area contributed by atoms with Crippen molar-refractivity contribution in [1.82, 2.24) is 4.90 Å². The molecule has 4 heteroatoms. The van der Waals surface area contributed by atoms with Crippen LogP contribution in [0.5, 0.6) is 0 Å². The Bertz CT molecular complexity index is 302. The van der Waals surface area contributed by atoms with Gasteiger partial charge in [0, 0.05) is 12.6 Å². The lowest BCUT2D eigenvalue weighted by Gasteiger charge is -2.23. The summed E-state index contributed by atoms with van der Waals surface area (Å²) in [5.74, 6) is -0.890. The van der Waals surface area contributed by atoms with Crippen molar-refractivity contribution >= 4 is 11.9 Å². The van der Waals surface area contributed by atoms with Gasteiger partial charge >= 0.3 is 5.97 Å². The van der Waals surface area contributed by atoms with E-state index in [9.17, 15) is 9.59 Å². The van der Waals surface area contributed by atoms with Crippen LogP contribution in [0.15, 0.2) is 0 Å². The van der Waals surface area contributed by atoms with Crippen molar-refractivity contribution in [3.8, 4) is 0 Å². The summed E-state index contributed by atoms with van der Waals surface area (Å²) in [4.78, 5) is 24.5. The van der Waals surface area contributed by atoms with Crippen molar-refractivity contribution in [3.63, 3.8) is 0 Å². The predicted molar refractivity (Wildman–Crippen MR) is 54.2 cm³/mol. The van der Waals surface area contributed by atoms with Gasteiger partial charge in [0.05, 0.1) is 11.8 Å². The fourth-order valence-corrected chi connectivity index (χ4v) is 2.36. The second kappa shape index (κ2) is 3.51. The monoisotopic (exact) mass is 211 g/mol. The van der Waals surface area contributed by atoms with Gasteiger partial charge in [0.2, 0.25) is 5.91 Å². The molecule has 1 amide bonds. The summed E-state index contributed by atoms with van der Waals surface area (Å²) in [6.07, 6.45) is 1.57. The van der Waals surface area contributed by atoms with Gasteiger partial charge in [-0.2, -0.15) is 0 Å². The normalized spacial score (nSPS) is 39.2. The lowest BCUT2D eigenvalue weighted by atomic mass is 10.1. The SMILES string of the molecule is CC1CCN(C(=O)C2CC2C(=O)O)C1C. The summed E-state index contributed by atoms with van der Waals surface area (Å²) >= 11 is 0. The van der Waals surface area contributed by atoms with Crippen LogP contribution in [0.2, 0.25) is 0 Å². The molecule has 0 aromatic heterocycles. The Kier molecular flexibility index (Phi) is 2.44. The van der Waals surface area contributed by atoms with E-state index < -0.39 is 11.9 Å². The molecule has 2 rings (SSSR count). The highest BCUT2D eigenvalue weighted by molar-refractivity contribution is 5.89. The maximum atomic E-state index is 11.9. The zero-order valence-corrected chi connectivity index (χ0v) is 9.14. The number of rotatable bonds is 2. The molecule has 1 N–H and O–H groups in total. The van der Waals surface area contributed by atoms with Crippen LogP contribution in [0, 0.1) is 17.8 Å². The first-order chi connectivity index (χ1) is 7.02. The highest BCUT2D eigenvalue weighted by Crippen LogP contribution is 2.41. The fraction of sp³-hybridized carbons (Fsp3) is 0.818. The van der Waals surface area contributed by atoms with Crippen molar-refractivity contribution < 1.29 is 14.7 Å². The zero-order chi connectivity index (χ0) is 11.2. The Morgan fingerprint density at radius 1 is 1.27 bits per heavy atom. The van der Waals surface area contributed by atoms with Gasteiger partial charge in [-0.15, -0.1) is 0 Å². The van der Waals surface area contributed by atoms with Gasteiger partial charge in [-0.1, -0.05) is 6.92 Å². The molecule has 0 spiro atoms. The maximum Gasteiger partial charge on any atom is 0.307 e. The van der Waals surface area contributed by atoms with Crippen molar-refractivity contribution in [3.05, 3.63) is 0 Å². The zero-order valence-electron chi connectivity index (χ0n) is 9.14. The van der Waals surface area contributed by atoms with Crippen molar-refractivity contribution in [2.75, 3.05) is 6.54 Å². The minimum atomic E-state index is -0.826. The number of hydrogen-bond acceptors (Lipinski definition) is 2. The molecule has 15 heavy (non-hydrogen) atoms. The molecule has 2 fully saturated rings. The van der Waals surface area contributed by atoms with Crippen LogP contribution in [0.25, 0.3) is 0 Å². The fourth-order valence-electron chi connectivity index (χ4n) is 2.36. The van der Waals surface area contributed by atoms with Crippen molar-refractivity contribution in [2.45, 2.75) is 32.7 Å². The number of likely N-dealkylation sites (tertiary alicyclic amines) is 1. The third kappa shape index (κ3) is 1.73. The molecule has 0 aromatic carbocycles. The van der Waals surface area contributed by atoms with E-state index in [1.807, 2.05) is 11.8 Å². The number of carbonyl (C=O) groups excluding carboxylic acids is 1. The Morgan fingerprint density at radius 2 is 1.93 bits per heavy atom. The van der Waals surface area contributed by atoms with Crippen LogP contribution in [0.4, 0.5) is 0 Å². The van der Waals surface area contributed by atoms with Gasteiger partial charge in [-0.05, 0) is 25.7 Å². The number of carboxylic acids is 1. The van der Waals surface area contributed by atoms with Crippen molar-refractivity contribution in [2.24, 2.45) is 17.8 Å². The molecule has 2 aliphatic rings. The van der Waals surface area contributed by atoms with Crippen LogP contribution in [-0.4, -0.2) is 34.5 Å². The second-order valence-corrected chi connectivity index (χ2v) is 4.83. The minimum absolute atomic E-state index is 0.0549. The first kappa shape index (κ1) is 10.5. The molecule has 1 saturated carbocycles. The Balaban J connectivity index is 1.96. The van der Waals surface area contributed by atoms with Gasteiger partial charge in [0.1, 0.15) is 0 Å². The number of aliphatic carboxylic acids is 1. The van der Waals surface area contributed by atoms with Crippen LogP contribution < -0.4 is 0 Å². The topological polar surface area (TPSA) is 57.6 Å². The van der Waals surface area contributed by atoms with E-state index in [2.05, 4.69) is 6.92 Å². The molecule has 1 heterocycles. The lowest BCUT2D eigenvalue weighted by molar-refractivity contribution is -0.142. The molecule has 1 saturated heterocycles. The van der Waals surface area contributed by atoms with E-state index in [0.717, 1.165) is 13.0 Å². The molecule has 4 unspecified atom stereocenters. The third-order valence-electron chi connectivity index (χ3n) is 3.85. The molecule has 4 nitrogen and oxygen atoms in total. The smallest absolute Gasteiger partial charge is 0.307 e. The molecule has 0 aromatic rings. The van der Waals surface area contributed by atoms with Crippen molar-refractivity contribution in [1.29, 1.82) is 0 Å². The largest absolute Gasteiger partial charge is 0.481 e. The van der Waals surface area contributed by atoms with Gasteiger partial charge in [0.25, 0.3) is 0 Å². The summed E-state index contributed by atoms with van der Waals surface area (Å²) in [6.45, 7) is 4.98. The van der Waals surface area contributed by atoms with Crippen LogP contribution >= 0.6 is 0 Å².